The third kappa shape index (κ3) is 2.43. The highest BCUT2D eigenvalue weighted by Gasteiger charge is 2.20. The zero-order valence-electron chi connectivity index (χ0n) is 10.6. The molecule has 0 aliphatic carbocycles. The zero-order valence-corrected chi connectivity index (χ0v) is 10.6. The van der Waals surface area contributed by atoms with Crippen LogP contribution >= 0.6 is 0 Å². The highest BCUT2D eigenvalue weighted by molar-refractivity contribution is 5.95. The average Bonchev–Trinajstić information content (AvgIpc) is 2.81. The van der Waals surface area contributed by atoms with E-state index in [9.17, 15) is 4.79 Å². The summed E-state index contributed by atoms with van der Waals surface area (Å²) in [5, 5.41) is 0. The second kappa shape index (κ2) is 4.78. The summed E-state index contributed by atoms with van der Waals surface area (Å²) in [6, 6.07) is 5.63. The molecular weight excluding hydrogens is 212 g/mol. The average molecular weight is 232 g/mol. The summed E-state index contributed by atoms with van der Waals surface area (Å²) in [5.74, 6) is 0.491. The Labute approximate surface area is 103 Å². The number of rotatable bonds is 2. The predicted octanol–water partition coefficient (Wildman–Crippen LogP) is 2.63. The smallest absolute Gasteiger partial charge is 0.253 e. The fraction of sp³-hybridized carbons (Fsp3) is 0.500. The van der Waals surface area contributed by atoms with E-state index < -0.39 is 0 Å². The molecule has 1 aromatic carbocycles. The van der Waals surface area contributed by atoms with E-state index in [0.717, 1.165) is 42.7 Å². The molecule has 17 heavy (non-hydrogen) atoms. The summed E-state index contributed by atoms with van der Waals surface area (Å²) in [5.41, 5.74) is 8.53. The molecule has 1 saturated heterocycles. The molecule has 1 aliphatic rings. The quantitative estimate of drug-likeness (QED) is 0.797. The zero-order chi connectivity index (χ0) is 12.4. The van der Waals surface area contributed by atoms with E-state index in [2.05, 4.69) is 13.8 Å². The number of nitrogens with two attached hydrogens (primary N) is 1. The van der Waals surface area contributed by atoms with Gasteiger partial charge in [0.05, 0.1) is 0 Å². The van der Waals surface area contributed by atoms with Crippen molar-refractivity contribution in [3.05, 3.63) is 29.3 Å². The van der Waals surface area contributed by atoms with E-state index in [4.69, 9.17) is 5.73 Å². The number of carbonyl (C=O) groups excluding carboxylic acids is 1. The first-order chi connectivity index (χ1) is 8.09. The van der Waals surface area contributed by atoms with Gasteiger partial charge < -0.3 is 10.6 Å². The molecule has 0 bridgehead atoms. The number of nitrogens with zero attached hydrogens (tertiary/aromatic N) is 1. The molecule has 1 aliphatic heterocycles. The van der Waals surface area contributed by atoms with Gasteiger partial charge in [-0.1, -0.05) is 13.8 Å². The Balaban J connectivity index is 2.26. The lowest BCUT2D eigenvalue weighted by Crippen LogP contribution is -2.27. The molecule has 0 unspecified atom stereocenters. The molecule has 92 valence electrons. The Morgan fingerprint density at radius 1 is 1.29 bits per heavy atom. The van der Waals surface area contributed by atoms with Crippen LogP contribution in [0.3, 0.4) is 0 Å². The number of carbonyl (C=O) groups is 1. The maximum Gasteiger partial charge on any atom is 0.253 e. The summed E-state index contributed by atoms with van der Waals surface area (Å²) < 4.78 is 0. The Morgan fingerprint density at radius 2 is 1.94 bits per heavy atom. The van der Waals surface area contributed by atoms with Crippen molar-refractivity contribution in [3.8, 4) is 0 Å². The molecular formula is C14H20N2O. The summed E-state index contributed by atoms with van der Waals surface area (Å²) in [7, 11) is 0. The molecule has 1 aromatic rings. The van der Waals surface area contributed by atoms with Gasteiger partial charge in [-0.25, -0.2) is 0 Å². The lowest BCUT2D eigenvalue weighted by Gasteiger charge is -2.17. The largest absolute Gasteiger partial charge is 0.398 e. The molecule has 2 rings (SSSR count). The number of amides is 1. The summed E-state index contributed by atoms with van der Waals surface area (Å²) in [6.07, 6.45) is 2.25. The second-order valence-corrected chi connectivity index (χ2v) is 5.00. The predicted molar refractivity (Wildman–Crippen MR) is 70.1 cm³/mol. The number of nitrogen functional groups attached to an aromatic ring is 1. The lowest BCUT2D eigenvalue weighted by atomic mass is 9.98. The number of hydrogen-bond donors (Lipinski definition) is 1. The normalized spacial score (nSPS) is 15.6. The summed E-state index contributed by atoms with van der Waals surface area (Å²) >= 11 is 0. The SMILES string of the molecule is CC(C)c1cc(C(=O)N2CCCC2)ccc1N. The Bertz CT molecular complexity index is 420. The van der Waals surface area contributed by atoms with Crippen molar-refractivity contribution in [1.82, 2.24) is 4.90 Å². The fourth-order valence-corrected chi connectivity index (χ4v) is 2.31. The molecule has 1 heterocycles. The van der Waals surface area contributed by atoms with Crippen LogP contribution in [0.25, 0.3) is 0 Å². The van der Waals surface area contributed by atoms with Crippen LogP contribution in [0.15, 0.2) is 18.2 Å². The van der Waals surface area contributed by atoms with Gasteiger partial charge in [-0.15, -0.1) is 0 Å². The van der Waals surface area contributed by atoms with E-state index in [1.165, 1.54) is 0 Å². The van der Waals surface area contributed by atoms with Crippen molar-refractivity contribution in [3.63, 3.8) is 0 Å². The molecule has 3 nitrogen and oxygen atoms in total. The fourth-order valence-electron chi connectivity index (χ4n) is 2.31. The Kier molecular flexibility index (Phi) is 3.36. The van der Waals surface area contributed by atoms with Crippen LogP contribution in [0.5, 0.6) is 0 Å². The van der Waals surface area contributed by atoms with Gasteiger partial charge in [0.25, 0.3) is 5.91 Å². The van der Waals surface area contributed by atoms with Gasteiger partial charge in [0, 0.05) is 24.3 Å². The maximum atomic E-state index is 12.2. The third-order valence-electron chi connectivity index (χ3n) is 3.35. The molecule has 2 N–H and O–H groups in total. The van der Waals surface area contributed by atoms with Crippen molar-refractivity contribution in [1.29, 1.82) is 0 Å². The highest BCUT2D eigenvalue weighted by Crippen LogP contribution is 2.24. The molecule has 0 spiro atoms. The molecule has 0 atom stereocenters. The monoisotopic (exact) mass is 232 g/mol. The Hall–Kier alpha value is -1.51. The summed E-state index contributed by atoms with van der Waals surface area (Å²) in [6.45, 7) is 5.96. The van der Waals surface area contributed by atoms with Crippen LogP contribution < -0.4 is 5.73 Å². The van der Waals surface area contributed by atoms with Gasteiger partial charge in [-0.05, 0) is 42.5 Å². The minimum Gasteiger partial charge on any atom is -0.398 e. The third-order valence-corrected chi connectivity index (χ3v) is 3.35. The van der Waals surface area contributed by atoms with Gasteiger partial charge in [-0.2, -0.15) is 0 Å². The minimum absolute atomic E-state index is 0.143. The van der Waals surface area contributed by atoms with Gasteiger partial charge in [0.1, 0.15) is 0 Å². The summed E-state index contributed by atoms with van der Waals surface area (Å²) in [4.78, 5) is 14.1. The van der Waals surface area contributed by atoms with Crippen LogP contribution in [0.1, 0.15) is 48.5 Å². The van der Waals surface area contributed by atoms with Gasteiger partial charge in [0.2, 0.25) is 0 Å². The standard InChI is InChI=1S/C14H20N2O/c1-10(2)12-9-11(5-6-13(12)15)14(17)16-7-3-4-8-16/h5-6,9-10H,3-4,7-8,15H2,1-2H3. The van der Waals surface area contributed by atoms with Crippen molar-refractivity contribution in [2.24, 2.45) is 0 Å². The van der Waals surface area contributed by atoms with Crippen molar-refractivity contribution in [2.45, 2.75) is 32.6 Å². The minimum atomic E-state index is 0.143. The molecule has 3 heteroatoms. The Morgan fingerprint density at radius 3 is 2.53 bits per heavy atom. The van der Waals surface area contributed by atoms with E-state index in [1.54, 1.807) is 0 Å². The van der Waals surface area contributed by atoms with E-state index in [1.807, 2.05) is 23.1 Å². The molecule has 0 saturated carbocycles. The second-order valence-electron chi connectivity index (χ2n) is 5.00. The van der Waals surface area contributed by atoms with E-state index in [0.29, 0.717) is 5.92 Å². The number of anilines is 1. The molecule has 1 amide bonds. The number of likely N-dealkylation sites (tertiary alicyclic amines) is 1. The van der Waals surface area contributed by atoms with Gasteiger partial charge in [-0.3, -0.25) is 4.79 Å². The number of benzene rings is 1. The lowest BCUT2D eigenvalue weighted by molar-refractivity contribution is 0.0793. The molecule has 1 fully saturated rings. The van der Waals surface area contributed by atoms with Crippen molar-refractivity contribution in [2.75, 3.05) is 18.8 Å². The van der Waals surface area contributed by atoms with E-state index in [-0.39, 0.29) is 5.91 Å². The first-order valence-electron chi connectivity index (χ1n) is 6.28. The van der Waals surface area contributed by atoms with Crippen LogP contribution in [0.4, 0.5) is 5.69 Å². The first-order valence-corrected chi connectivity index (χ1v) is 6.28. The first kappa shape index (κ1) is 12.0. The van der Waals surface area contributed by atoms with Crippen LogP contribution in [0.2, 0.25) is 0 Å². The van der Waals surface area contributed by atoms with Gasteiger partial charge in [0.15, 0.2) is 0 Å². The van der Waals surface area contributed by atoms with Crippen molar-refractivity contribution < 1.29 is 4.79 Å². The topological polar surface area (TPSA) is 46.3 Å². The maximum absolute atomic E-state index is 12.2. The van der Waals surface area contributed by atoms with Gasteiger partial charge >= 0.3 is 0 Å². The van der Waals surface area contributed by atoms with E-state index >= 15 is 0 Å². The van der Waals surface area contributed by atoms with Crippen LogP contribution in [0, 0.1) is 0 Å². The van der Waals surface area contributed by atoms with Crippen LogP contribution in [-0.4, -0.2) is 23.9 Å². The molecule has 0 radical (unpaired) electrons. The highest BCUT2D eigenvalue weighted by atomic mass is 16.2. The van der Waals surface area contributed by atoms with Crippen molar-refractivity contribution >= 4 is 11.6 Å². The van der Waals surface area contributed by atoms with Crippen LogP contribution in [-0.2, 0) is 0 Å². The molecule has 0 aromatic heterocycles. The number of hydrogen-bond acceptors (Lipinski definition) is 2.